The number of benzene rings is 1. The molecule has 5 nitrogen and oxygen atoms in total. The van der Waals surface area contributed by atoms with Crippen LogP contribution in [0.4, 0.5) is 0 Å². The van der Waals surface area contributed by atoms with Gasteiger partial charge in [0.05, 0.1) is 19.5 Å². The van der Waals surface area contributed by atoms with Crippen molar-refractivity contribution in [2.45, 2.75) is 62.1 Å². The third-order valence-corrected chi connectivity index (χ3v) is 6.27. The lowest BCUT2D eigenvalue weighted by Gasteiger charge is -2.35. The van der Waals surface area contributed by atoms with Gasteiger partial charge in [-0.25, -0.2) is 0 Å². The molecule has 152 valence electrons. The molecule has 0 aliphatic carbocycles. The van der Waals surface area contributed by atoms with E-state index in [2.05, 4.69) is 17.1 Å². The molecule has 1 N–H and O–H groups in total. The monoisotopic (exact) mass is 394 g/mol. The molecule has 1 fully saturated rings. The van der Waals surface area contributed by atoms with Crippen LogP contribution in [0, 0.1) is 0 Å². The molecule has 0 unspecified atom stereocenters. The summed E-state index contributed by atoms with van der Waals surface area (Å²) in [6.07, 6.45) is 6.22. The standard InChI is InChI=1S/C21H34N2O3S/c1-5-17-9-6-7-13-23(17)14-8-12-22-21(24)16(2)27-18-10-11-19(25-3)20(15-18)26-4/h10-11,15-17H,5-9,12-14H2,1-4H3,(H,22,24)/t16-,17-/m0/s1. The van der Waals surface area contributed by atoms with E-state index in [0.717, 1.165) is 30.4 Å². The Morgan fingerprint density at radius 3 is 2.78 bits per heavy atom. The largest absolute Gasteiger partial charge is 0.493 e. The first-order chi connectivity index (χ1) is 13.1. The second-order valence-corrected chi connectivity index (χ2v) is 8.43. The van der Waals surface area contributed by atoms with Crippen molar-refractivity contribution in [2.24, 2.45) is 0 Å². The molecule has 1 aromatic carbocycles. The van der Waals surface area contributed by atoms with Crippen molar-refractivity contribution < 1.29 is 14.3 Å². The number of ether oxygens (including phenoxy) is 2. The topological polar surface area (TPSA) is 50.8 Å². The fourth-order valence-electron chi connectivity index (χ4n) is 3.60. The number of piperidine rings is 1. The van der Waals surface area contributed by atoms with Crippen LogP contribution in [0.2, 0.25) is 0 Å². The second-order valence-electron chi connectivity index (χ2n) is 7.02. The van der Waals surface area contributed by atoms with Crippen LogP contribution < -0.4 is 14.8 Å². The Kier molecular flexibility index (Phi) is 9.28. The quantitative estimate of drug-likeness (QED) is 0.481. The van der Waals surface area contributed by atoms with Gasteiger partial charge < -0.3 is 19.7 Å². The number of rotatable bonds is 10. The number of thioether (sulfide) groups is 1. The van der Waals surface area contributed by atoms with Crippen LogP contribution >= 0.6 is 11.8 Å². The second kappa shape index (κ2) is 11.4. The minimum Gasteiger partial charge on any atom is -0.493 e. The first-order valence-electron chi connectivity index (χ1n) is 9.99. The lowest BCUT2D eigenvalue weighted by molar-refractivity contribution is -0.120. The van der Waals surface area contributed by atoms with Crippen molar-refractivity contribution in [1.82, 2.24) is 10.2 Å². The van der Waals surface area contributed by atoms with Crippen molar-refractivity contribution in [2.75, 3.05) is 33.9 Å². The molecule has 0 aromatic heterocycles. The summed E-state index contributed by atoms with van der Waals surface area (Å²) in [5, 5.41) is 2.93. The summed E-state index contributed by atoms with van der Waals surface area (Å²) in [4.78, 5) is 16.0. The van der Waals surface area contributed by atoms with Gasteiger partial charge in [-0.15, -0.1) is 11.8 Å². The van der Waals surface area contributed by atoms with Gasteiger partial charge in [0.1, 0.15) is 0 Å². The Labute approximate surface area is 168 Å². The highest BCUT2D eigenvalue weighted by Crippen LogP contribution is 2.33. The highest BCUT2D eigenvalue weighted by molar-refractivity contribution is 8.00. The van der Waals surface area contributed by atoms with E-state index in [4.69, 9.17) is 9.47 Å². The average molecular weight is 395 g/mol. The van der Waals surface area contributed by atoms with E-state index in [1.165, 1.54) is 44.0 Å². The molecule has 1 saturated heterocycles. The SMILES string of the molecule is CC[C@H]1CCCCN1CCCNC(=O)[C@H](C)Sc1ccc(OC)c(OC)c1. The number of methoxy groups -OCH3 is 2. The van der Waals surface area contributed by atoms with Crippen LogP contribution in [0.25, 0.3) is 0 Å². The molecular formula is C21H34N2O3S. The molecule has 0 spiro atoms. The van der Waals surface area contributed by atoms with Gasteiger partial charge in [0.15, 0.2) is 11.5 Å². The summed E-state index contributed by atoms with van der Waals surface area (Å²) >= 11 is 1.53. The maximum absolute atomic E-state index is 12.4. The maximum atomic E-state index is 12.4. The maximum Gasteiger partial charge on any atom is 0.233 e. The normalized spacial score (nSPS) is 18.7. The van der Waals surface area contributed by atoms with Crippen molar-refractivity contribution in [3.63, 3.8) is 0 Å². The number of carbonyl (C=O) groups is 1. The first kappa shape index (κ1) is 21.9. The third-order valence-electron chi connectivity index (χ3n) is 5.18. The molecule has 1 aliphatic heterocycles. The van der Waals surface area contributed by atoms with Crippen molar-refractivity contribution >= 4 is 17.7 Å². The minimum absolute atomic E-state index is 0.0838. The molecule has 6 heteroatoms. The molecular weight excluding hydrogens is 360 g/mol. The first-order valence-corrected chi connectivity index (χ1v) is 10.9. The minimum atomic E-state index is -0.151. The zero-order valence-electron chi connectivity index (χ0n) is 17.1. The van der Waals surface area contributed by atoms with E-state index in [0.29, 0.717) is 11.5 Å². The highest BCUT2D eigenvalue weighted by Gasteiger charge is 2.20. The number of nitrogens with zero attached hydrogens (tertiary/aromatic N) is 1. The molecule has 0 bridgehead atoms. The van der Waals surface area contributed by atoms with E-state index < -0.39 is 0 Å². The average Bonchev–Trinajstić information content (AvgIpc) is 2.71. The van der Waals surface area contributed by atoms with Crippen LogP contribution in [-0.4, -0.2) is 56.0 Å². The summed E-state index contributed by atoms with van der Waals surface area (Å²) in [6, 6.07) is 6.47. The van der Waals surface area contributed by atoms with E-state index in [1.807, 2.05) is 25.1 Å². The summed E-state index contributed by atoms with van der Waals surface area (Å²) in [7, 11) is 3.24. The van der Waals surface area contributed by atoms with Crippen molar-refractivity contribution in [1.29, 1.82) is 0 Å². The molecule has 1 aromatic rings. The Bertz CT molecular complexity index is 597. The van der Waals surface area contributed by atoms with Gasteiger partial charge in [0.2, 0.25) is 5.91 Å². The fourth-order valence-corrected chi connectivity index (χ4v) is 4.52. The molecule has 1 aliphatic rings. The number of amides is 1. The van der Waals surface area contributed by atoms with Gasteiger partial charge in [-0.05, 0) is 57.4 Å². The van der Waals surface area contributed by atoms with E-state index >= 15 is 0 Å². The number of likely N-dealkylation sites (tertiary alicyclic amines) is 1. The zero-order valence-corrected chi connectivity index (χ0v) is 17.9. The molecule has 0 radical (unpaired) electrons. The summed E-state index contributed by atoms with van der Waals surface area (Å²) < 4.78 is 10.6. The third kappa shape index (κ3) is 6.61. The predicted molar refractivity (Wildman–Crippen MR) is 112 cm³/mol. The van der Waals surface area contributed by atoms with Crippen molar-refractivity contribution in [3.05, 3.63) is 18.2 Å². The summed E-state index contributed by atoms with van der Waals surface area (Å²) in [5.41, 5.74) is 0. The van der Waals surface area contributed by atoms with Crippen LogP contribution in [0.15, 0.2) is 23.1 Å². The van der Waals surface area contributed by atoms with Crippen LogP contribution in [-0.2, 0) is 4.79 Å². The Morgan fingerprint density at radius 2 is 2.07 bits per heavy atom. The zero-order chi connectivity index (χ0) is 19.6. The Hall–Kier alpha value is -1.40. The number of nitrogens with one attached hydrogen (secondary N) is 1. The van der Waals surface area contributed by atoms with Crippen molar-refractivity contribution in [3.8, 4) is 11.5 Å². The van der Waals surface area contributed by atoms with Crippen LogP contribution in [0.5, 0.6) is 11.5 Å². The molecule has 2 rings (SSSR count). The molecule has 1 amide bonds. The van der Waals surface area contributed by atoms with Gasteiger partial charge in [-0.1, -0.05) is 13.3 Å². The van der Waals surface area contributed by atoms with Gasteiger partial charge in [-0.2, -0.15) is 0 Å². The summed E-state index contributed by atoms with van der Waals surface area (Å²) in [5.74, 6) is 1.46. The highest BCUT2D eigenvalue weighted by atomic mass is 32.2. The molecule has 2 atom stereocenters. The Morgan fingerprint density at radius 1 is 1.30 bits per heavy atom. The van der Waals surface area contributed by atoms with Gasteiger partial charge >= 0.3 is 0 Å². The van der Waals surface area contributed by atoms with E-state index in [9.17, 15) is 4.79 Å². The van der Waals surface area contributed by atoms with E-state index in [-0.39, 0.29) is 11.2 Å². The van der Waals surface area contributed by atoms with Gasteiger partial charge in [0.25, 0.3) is 0 Å². The number of hydrogen-bond acceptors (Lipinski definition) is 5. The fraction of sp³-hybridized carbons (Fsp3) is 0.667. The molecule has 1 heterocycles. The predicted octanol–water partition coefficient (Wildman–Crippen LogP) is 3.96. The number of carbonyl (C=O) groups excluding carboxylic acids is 1. The summed E-state index contributed by atoms with van der Waals surface area (Å²) in [6.45, 7) is 7.24. The lowest BCUT2D eigenvalue weighted by atomic mass is 10.00. The van der Waals surface area contributed by atoms with E-state index in [1.54, 1.807) is 14.2 Å². The molecule has 0 saturated carbocycles. The van der Waals surface area contributed by atoms with Gasteiger partial charge in [-0.3, -0.25) is 4.79 Å². The van der Waals surface area contributed by atoms with Crippen LogP contribution in [0.3, 0.4) is 0 Å². The Balaban J connectivity index is 1.74. The van der Waals surface area contributed by atoms with Gasteiger partial charge in [0, 0.05) is 24.0 Å². The molecule has 27 heavy (non-hydrogen) atoms. The smallest absolute Gasteiger partial charge is 0.233 e. The lowest BCUT2D eigenvalue weighted by Crippen LogP contribution is -2.41. The van der Waals surface area contributed by atoms with Crippen LogP contribution in [0.1, 0.15) is 46.0 Å². The number of hydrogen-bond donors (Lipinski definition) is 1.